The minimum absolute atomic E-state index is 0.0324. The van der Waals surface area contributed by atoms with Crippen LogP contribution in [0.4, 0.5) is 0 Å². The Hall–Kier alpha value is -0.530. The number of carbonyl (C=O) groups is 1. The largest absolute Gasteiger partial charge is 0.481 e. The van der Waals surface area contributed by atoms with Crippen molar-refractivity contribution in [3.8, 4) is 0 Å². The third kappa shape index (κ3) is 0.700. The minimum Gasteiger partial charge on any atom is -0.481 e. The molecule has 0 radical (unpaired) electrons. The van der Waals surface area contributed by atoms with Crippen molar-refractivity contribution in [2.45, 2.75) is 26.7 Å². The van der Waals surface area contributed by atoms with Crippen LogP contribution >= 0.6 is 0 Å². The molecule has 0 spiro atoms. The van der Waals surface area contributed by atoms with E-state index in [1.807, 2.05) is 0 Å². The molecule has 1 N–H and O–H groups in total. The Bertz CT molecular complexity index is 208. The van der Waals surface area contributed by atoms with Crippen LogP contribution in [-0.4, -0.2) is 11.1 Å². The smallest absolute Gasteiger partial charge is 0.306 e. The summed E-state index contributed by atoms with van der Waals surface area (Å²) < 4.78 is 0. The summed E-state index contributed by atoms with van der Waals surface area (Å²) in [5, 5.41) is 8.84. The zero-order chi connectivity index (χ0) is 8.22. The van der Waals surface area contributed by atoms with E-state index in [4.69, 9.17) is 5.11 Å². The molecule has 0 saturated heterocycles. The lowest BCUT2D eigenvalue weighted by atomic mass is 9.60. The maximum atomic E-state index is 10.7. The van der Waals surface area contributed by atoms with Gasteiger partial charge in [-0.3, -0.25) is 4.79 Å². The van der Waals surface area contributed by atoms with E-state index in [2.05, 4.69) is 13.8 Å². The van der Waals surface area contributed by atoms with Gasteiger partial charge in [0.1, 0.15) is 0 Å². The third-order valence-corrected chi connectivity index (χ3v) is 3.89. The number of fused-ring (bicyclic) bond motifs is 1. The van der Waals surface area contributed by atoms with Crippen LogP contribution in [0, 0.1) is 23.2 Å². The molecule has 3 rings (SSSR count). The van der Waals surface area contributed by atoms with Crippen molar-refractivity contribution in [1.29, 1.82) is 0 Å². The highest BCUT2D eigenvalue weighted by Crippen LogP contribution is 2.64. The molecule has 0 aliphatic heterocycles. The zero-order valence-electron chi connectivity index (χ0n) is 7.00. The molecule has 0 aromatic rings. The molecule has 2 heteroatoms. The predicted octanol–water partition coefficient (Wildman–Crippen LogP) is 1.75. The van der Waals surface area contributed by atoms with Crippen molar-refractivity contribution < 1.29 is 9.90 Å². The number of carboxylic acids is 1. The van der Waals surface area contributed by atoms with E-state index in [9.17, 15) is 4.79 Å². The standard InChI is InChI=1S/C9H14O2/c1-9(2)5-3-6(8(10)11)7(9)4-5/h5-7H,3-4H2,1-2H3,(H,10,11)/t5-,6+,7+/m0/s1. The van der Waals surface area contributed by atoms with E-state index < -0.39 is 5.97 Å². The van der Waals surface area contributed by atoms with Crippen LogP contribution < -0.4 is 0 Å². The van der Waals surface area contributed by atoms with E-state index in [0.717, 1.165) is 12.8 Å². The van der Waals surface area contributed by atoms with Crippen LogP contribution in [0.1, 0.15) is 26.7 Å². The van der Waals surface area contributed by atoms with Gasteiger partial charge in [-0.1, -0.05) is 13.8 Å². The molecule has 3 aliphatic carbocycles. The van der Waals surface area contributed by atoms with E-state index in [0.29, 0.717) is 17.3 Å². The van der Waals surface area contributed by atoms with Gasteiger partial charge in [-0.25, -0.2) is 0 Å². The van der Waals surface area contributed by atoms with Crippen molar-refractivity contribution in [3.63, 3.8) is 0 Å². The first-order valence-corrected chi connectivity index (χ1v) is 4.26. The Kier molecular flexibility index (Phi) is 1.16. The molecule has 3 atom stereocenters. The summed E-state index contributed by atoms with van der Waals surface area (Å²) in [7, 11) is 0. The fourth-order valence-electron chi connectivity index (χ4n) is 2.88. The highest BCUT2D eigenvalue weighted by molar-refractivity contribution is 5.71. The molecular formula is C9H14O2. The van der Waals surface area contributed by atoms with Crippen molar-refractivity contribution in [3.05, 3.63) is 0 Å². The Morgan fingerprint density at radius 1 is 1.45 bits per heavy atom. The maximum absolute atomic E-state index is 10.7. The highest BCUT2D eigenvalue weighted by atomic mass is 16.4. The Morgan fingerprint density at radius 3 is 2.27 bits per heavy atom. The lowest BCUT2D eigenvalue weighted by molar-refractivity contribution is -0.144. The number of hydrogen-bond donors (Lipinski definition) is 1. The van der Waals surface area contributed by atoms with Crippen molar-refractivity contribution in [2.24, 2.45) is 23.2 Å². The second kappa shape index (κ2) is 1.79. The van der Waals surface area contributed by atoms with Gasteiger partial charge in [0.15, 0.2) is 0 Å². The minimum atomic E-state index is -0.580. The summed E-state index contributed by atoms with van der Waals surface area (Å²) >= 11 is 0. The van der Waals surface area contributed by atoms with Gasteiger partial charge < -0.3 is 5.11 Å². The summed E-state index contributed by atoms with van der Waals surface area (Å²) in [5.74, 6) is 0.539. The van der Waals surface area contributed by atoms with Crippen molar-refractivity contribution in [1.82, 2.24) is 0 Å². The molecule has 0 aromatic heterocycles. The van der Waals surface area contributed by atoms with Crippen LogP contribution in [0.25, 0.3) is 0 Å². The molecule has 0 aromatic carbocycles. The fraction of sp³-hybridized carbons (Fsp3) is 0.889. The van der Waals surface area contributed by atoms with Gasteiger partial charge in [0.2, 0.25) is 0 Å². The van der Waals surface area contributed by atoms with Gasteiger partial charge in [0.05, 0.1) is 5.92 Å². The van der Waals surface area contributed by atoms with Gasteiger partial charge >= 0.3 is 5.97 Å². The summed E-state index contributed by atoms with van der Waals surface area (Å²) in [5.41, 5.74) is 0.322. The first-order valence-electron chi connectivity index (χ1n) is 4.26. The summed E-state index contributed by atoms with van der Waals surface area (Å²) in [6, 6.07) is 0. The SMILES string of the molecule is CC1(C)[C@@H]2C[C@@H]1[C@H](C(=O)O)C2. The third-order valence-electron chi connectivity index (χ3n) is 3.89. The average Bonchev–Trinajstić information content (AvgIpc) is 2.40. The zero-order valence-corrected chi connectivity index (χ0v) is 7.00. The van der Waals surface area contributed by atoms with Crippen LogP contribution in [-0.2, 0) is 4.79 Å². The van der Waals surface area contributed by atoms with Gasteiger partial charge in [-0.2, -0.15) is 0 Å². The number of carboxylic acid groups (broad SMARTS) is 1. The normalized spacial score (nSPS) is 45.1. The van der Waals surface area contributed by atoms with Crippen molar-refractivity contribution >= 4 is 5.97 Å². The fourth-order valence-corrected chi connectivity index (χ4v) is 2.88. The van der Waals surface area contributed by atoms with Gasteiger partial charge in [0, 0.05) is 0 Å². The topological polar surface area (TPSA) is 37.3 Å². The second-order valence-corrected chi connectivity index (χ2v) is 4.54. The van der Waals surface area contributed by atoms with E-state index in [1.54, 1.807) is 0 Å². The van der Waals surface area contributed by atoms with E-state index >= 15 is 0 Å². The lowest BCUT2D eigenvalue weighted by Crippen LogP contribution is -2.39. The summed E-state index contributed by atoms with van der Waals surface area (Å²) in [4.78, 5) is 10.7. The Morgan fingerprint density at radius 2 is 2.09 bits per heavy atom. The predicted molar refractivity (Wildman–Crippen MR) is 41.1 cm³/mol. The monoisotopic (exact) mass is 154 g/mol. The number of rotatable bonds is 1. The van der Waals surface area contributed by atoms with Crippen LogP contribution in [0.2, 0.25) is 0 Å². The van der Waals surface area contributed by atoms with E-state index in [1.165, 1.54) is 0 Å². The van der Waals surface area contributed by atoms with Crippen LogP contribution in [0.3, 0.4) is 0 Å². The molecule has 3 fully saturated rings. The number of hydrogen-bond acceptors (Lipinski definition) is 1. The van der Waals surface area contributed by atoms with Crippen LogP contribution in [0.5, 0.6) is 0 Å². The molecule has 2 bridgehead atoms. The van der Waals surface area contributed by atoms with Gasteiger partial charge in [0.25, 0.3) is 0 Å². The molecule has 62 valence electrons. The lowest BCUT2D eigenvalue weighted by Gasteiger charge is -2.44. The van der Waals surface area contributed by atoms with Crippen LogP contribution in [0.15, 0.2) is 0 Å². The second-order valence-electron chi connectivity index (χ2n) is 4.54. The van der Waals surface area contributed by atoms with Gasteiger partial charge in [-0.05, 0) is 30.1 Å². The maximum Gasteiger partial charge on any atom is 0.306 e. The molecule has 2 nitrogen and oxygen atoms in total. The van der Waals surface area contributed by atoms with E-state index in [-0.39, 0.29) is 5.92 Å². The van der Waals surface area contributed by atoms with Gasteiger partial charge in [-0.15, -0.1) is 0 Å². The molecule has 0 amide bonds. The quantitative estimate of drug-likeness (QED) is 0.624. The molecule has 0 heterocycles. The molecule has 3 aliphatic rings. The molecular weight excluding hydrogens is 140 g/mol. The molecule has 11 heavy (non-hydrogen) atoms. The Balaban J connectivity index is 2.18. The summed E-state index contributed by atoms with van der Waals surface area (Å²) in [6.07, 6.45) is 2.08. The number of aliphatic carboxylic acids is 1. The first kappa shape index (κ1) is 7.14. The molecule has 0 unspecified atom stereocenters. The van der Waals surface area contributed by atoms with Crippen molar-refractivity contribution in [2.75, 3.05) is 0 Å². The molecule has 3 saturated carbocycles. The first-order chi connectivity index (χ1) is 5.03. The highest BCUT2D eigenvalue weighted by Gasteiger charge is 2.60. The summed E-state index contributed by atoms with van der Waals surface area (Å²) in [6.45, 7) is 4.41. The Labute approximate surface area is 66.6 Å². The average molecular weight is 154 g/mol.